The van der Waals surface area contributed by atoms with Gasteiger partial charge in [-0.25, -0.2) is 0 Å². The molecule has 1 aliphatic heterocycles. The predicted molar refractivity (Wildman–Crippen MR) is 118 cm³/mol. The van der Waals surface area contributed by atoms with E-state index in [-0.39, 0.29) is 16.4 Å². The van der Waals surface area contributed by atoms with Crippen LogP contribution in [0.3, 0.4) is 0 Å². The highest BCUT2D eigenvalue weighted by Gasteiger charge is 2.36. The monoisotopic (exact) mass is 445 g/mol. The number of benzene rings is 2. The molecule has 0 aliphatic carbocycles. The maximum absolute atomic E-state index is 13.0. The van der Waals surface area contributed by atoms with Crippen molar-refractivity contribution in [1.82, 2.24) is 5.32 Å². The van der Waals surface area contributed by atoms with Crippen molar-refractivity contribution < 1.29 is 22.8 Å². The Morgan fingerprint density at radius 1 is 1.06 bits per heavy atom. The van der Waals surface area contributed by atoms with Crippen LogP contribution in [-0.2, 0) is 15.8 Å². The highest BCUT2D eigenvalue weighted by atomic mass is 32.1. The summed E-state index contributed by atoms with van der Waals surface area (Å²) in [6.45, 7) is 0. The Labute approximate surface area is 182 Å². The number of hydrogen-bond acceptors (Lipinski definition) is 4. The number of allylic oxidation sites excluding steroid dienone is 2. The Morgan fingerprint density at radius 3 is 2.35 bits per heavy atom. The molecule has 31 heavy (non-hydrogen) atoms. The van der Waals surface area contributed by atoms with Gasteiger partial charge in [0.2, 0.25) is 0 Å². The van der Waals surface area contributed by atoms with E-state index in [1.807, 2.05) is 43.3 Å². The largest absolute Gasteiger partial charge is 0.416 e. The fraction of sp³-hybridized carbons (Fsp3) is 0.136. The first kappa shape index (κ1) is 22.2. The molecule has 1 fully saturated rings. The molecular weight excluding hydrogens is 427 g/mol. The highest BCUT2D eigenvalue weighted by molar-refractivity contribution is 7.80. The van der Waals surface area contributed by atoms with Gasteiger partial charge in [-0.05, 0) is 54.2 Å². The van der Waals surface area contributed by atoms with Gasteiger partial charge in [0.25, 0.3) is 11.8 Å². The molecule has 1 saturated heterocycles. The van der Waals surface area contributed by atoms with E-state index in [4.69, 9.17) is 12.2 Å². The summed E-state index contributed by atoms with van der Waals surface area (Å²) in [6, 6.07) is 11.8. The van der Waals surface area contributed by atoms with Crippen LogP contribution in [0.15, 0.2) is 66.3 Å². The second-order valence-electron chi connectivity index (χ2n) is 6.87. The van der Waals surface area contributed by atoms with Gasteiger partial charge in [-0.1, -0.05) is 30.4 Å². The lowest BCUT2D eigenvalue weighted by Crippen LogP contribution is -2.54. The van der Waals surface area contributed by atoms with Crippen molar-refractivity contribution in [3.8, 4) is 0 Å². The number of alkyl halides is 3. The zero-order valence-corrected chi connectivity index (χ0v) is 17.4. The Balaban J connectivity index is 1.87. The topological polar surface area (TPSA) is 52.7 Å². The van der Waals surface area contributed by atoms with E-state index < -0.39 is 23.6 Å². The maximum atomic E-state index is 13.0. The van der Waals surface area contributed by atoms with E-state index in [0.717, 1.165) is 28.3 Å². The van der Waals surface area contributed by atoms with Crippen LogP contribution >= 0.6 is 12.2 Å². The molecule has 0 atom stereocenters. The third-order valence-electron chi connectivity index (χ3n) is 4.49. The van der Waals surface area contributed by atoms with Gasteiger partial charge in [0.1, 0.15) is 5.57 Å². The summed E-state index contributed by atoms with van der Waals surface area (Å²) >= 11 is 5.02. The summed E-state index contributed by atoms with van der Waals surface area (Å²) in [5.41, 5.74) is 0.606. The van der Waals surface area contributed by atoms with E-state index >= 15 is 0 Å². The normalized spacial score (nSPS) is 16.2. The van der Waals surface area contributed by atoms with Crippen molar-refractivity contribution in [2.75, 3.05) is 23.9 Å². The Bertz CT molecular complexity index is 1090. The first-order valence-corrected chi connectivity index (χ1v) is 9.51. The van der Waals surface area contributed by atoms with Crippen molar-refractivity contribution in [1.29, 1.82) is 0 Å². The second kappa shape index (κ2) is 8.73. The van der Waals surface area contributed by atoms with Crippen LogP contribution in [0.2, 0.25) is 0 Å². The Hall–Kier alpha value is -3.46. The smallest absolute Gasteiger partial charge is 0.378 e. The zero-order chi connectivity index (χ0) is 22.8. The molecule has 0 unspecified atom stereocenters. The minimum atomic E-state index is -4.58. The molecule has 0 bridgehead atoms. The fourth-order valence-electron chi connectivity index (χ4n) is 2.87. The number of nitrogens with one attached hydrogen (secondary N) is 1. The van der Waals surface area contributed by atoms with E-state index in [0.29, 0.717) is 0 Å². The molecule has 0 spiro atoms. The molecule has 2 aromatic carbocycles. The quantitative estimate of drug-likeness (QED) is 0.436. The van der Waals surface area contributed by atoms with E-state index in [9.17, 15) is 22.8 Å². The molecule has 0 radical (unpaired) electrons. The molecule has 0 aromatic heterocycles. The van der Waals surface area contributed by atoms with Gasteiger partial charge in [-0.2, -0.15) is 13.2 Å². The van der Waals surface area contributed by atoms with Crippen LogP contribution in [0.1, 0.15) is 11.1 Å². The van der Waals surface area contributed by atoms with Crippen LogP contribution in [-0.4, -0.2) is 31.0 Å². The maximum Gasteiger partial charge on any atom is 0.416 e. The van der Waals surface area contributed by atoms with Crippen molar-refractivity contribution in [2.45, 2.75) is 6.18 Å². The van der Waals surface area contributed by atoms with E-state index in [1.54, 1.807) is 6.08 Å². The molecule has 160 valence electrons. The average molecular weight is 445 g/mol. The number of amides is 2. The molecule has 1 N–H and O–H groups in total. The van der Waals surface area contributed by atoms with Gasteiger partial charge in [-0.15, -0.1) is 0 Å². The van der Waals surface area contributed by atoms with Gasteiger partial charge in [-0.3, -0.25) is 19.8 Å². The number of carbonyl (C=O) groups is 2. The third kappa shape index (κ3) is 5.00. The molecule has 0 saturated carbocycles. The molecule has 5 nitrogen and oxygen atoms in total. The van der Waals surface area contributed by atoms with Crippen molar-refractivity contribution in [3.05, 3.63) is 77.4 Å². The number of carbonyl (C=O) groups excluding carboxylic acids is 2. The van der Waals surface area contributed by atoms with Crippen LogP contribution in [0, 0.1) is 0 Å². The van der Waals surface area contributed by atoms with Crippen LogP contribution in [0.25, 0.3) is 6.08 Å². The van der Waals surface area contributed by atoms with Gasteiger partial charge in [0.05, 0.1) is 11.3 Å². The van der Waals surface area contributed by atoms with E-state index in [1.165, 1.54) is 24.3 Å². The number of anilines is 2. The van der Waals surface area contributed by atoms with Crippen molar-refractivity contribution in [3.63, 3.8) is 0 Å². The van der Waals surface area contributed by atoms with Crippen LogP contribution in [0.5, 0.6) is 0 Å². The molecule has 1 aliphatic rings. The van der Waals surface area contributed by atoms with Gasteiger partial charge < -0.3 is 4.90 Å². The van der Waals surface area contributed by atoms with E-state index in [2.05, 4.69) is 5.32 Å². The lowest BCUT2D eigenvalue weighted by atomic mass is 10.1. The number of hydrogen-bond donors (Lipinski definition) is 1. The molecule has 1 heterocycles. The summed E-state index contributed by atoms with van der Waals surface area (Å²) in [4.78, 5) is 27.9. The number of rotatable bonds is 4. The number of thiocarbonyl (C=S) groups is 1. The molecule has 3 rings (SSSR count). The van der Waals surface area contributed by atoms with Crippen molar-refractivity contribution >= 4 is 46.6 Å². The van der Waals surface area contributed by atoms with Crippen LogP contribution < -0.4 is 15.1 Å². The highest BCUT2D eigenvalue weighted by Crippen LogP contribution is 2.32. The SMILES string of the molecule is CN(C)c1ccc(/C=C/C=C2\C(=O)NC(=S)N(c3cccc(C(F)(F)F)c3)C2=O)cc1. The fourth-order valence-corrected chi connectivity index (χ4v) is 3.15. The van der Waals surface area contributed by atoms with Gasteiger partial charge in [0.15, 0.2) is 5.11 Å². The predicted octanol–water partition coefficient (Wildman–Crippen LogP) is 4.16. The summed E-state index contributed by atoms with van der Waals surface area (Å²) in [7, 11) is 3.84. The average Bonchev–Trinajstić information content (AvgIpc) is 2.70. The summed E-state index contributed by atoms with van der Waals surface area (Å²) < 4.78 is 39.1. The van der Waals surface area contributed by atoms with Crippen LogP contribution in [0.4, 0.5) is 24.5 Å². The minimum absolute atomic E-state index is 0.0843. The lowest BCUT2D eigenvalue weighted by molar-refractivity contribution is -0.137. The molecule has 2 amide bonds. The molecule has 9 heteroatoms. The zero-order valence-electron chi connectivity index (χ0n) is 16.6. The van der Waals surface area contributed by atoms with Crippen molar-refractivity contribution in [2.24, 2.45) is 0 Å². The number of halogens is 3. The Morgan fingerprint density at radius 2 is 1.74 bits per heavy atom. The number of nitrogens with zero attached hydrogens (tertiary/aromatic N) is 2. The molecule has 2 aromatic rings. The third-order valence-corrected chi connectivity index (χ3v) is 4.78. The summed E-state index contributed by atoms with van der Waals surface area (Å²) in [5, 5.41) is 2.06. The first-order chi connectivity index (χ1) is 14.6. The Kier molecular flexibility index (Phi) is 6.26. The van der Waals surface area contributed by atoms with Gasteiger partial charge >= 0.3 is 6.18 Å². The standard InChI is InChI=1S/C22H18F3N3O2S/c1-27(2)16-11-9-14(10-12-16)5-3-8-18-19(29)26-21(31)28(20(18)30)17-7-4-6-15(13-17)22(23,24)25/h3-13H,1-2H3,(H,26,29,31)/b5-3+,18-8+. The second-order valence-corrected chi connectivity index (χ2v) is 7.26. The lowest BCUT2D eigenvalue weighted by Gasteiger charge is -2.29. The van der Waals surface area contributed by atoms with Gasteiger partial charge in [0, 0.05) is 19.8 Å². The minimum Gasteiger partial charge on any atom is -0.378 e. The summed E-state index contributed by atoms with van der Waals surface area (Å²) in [6.07, 6.45) is -0.0478. The molecular formula is C22H18F3N3O2S. The summed E-state index contributed by atoms with van der Waals surface area (Å²) in [5.74, 6) is -1.52. The first-order valence-electron chi connectivity index (χ1n) is 9.10.